The Hall–Kier alpha value is -1.96. The maximum Gasteiger partial charge on any atom is 0.251 e. The van der Waals surface area contributed by atoms with Gasteiger partial charge in [-0.3, -0.25) is 9.59 Å². The van der Waals surface area contributed by atoms with Crippen LogP contribution in [0.5, 0.6) is 0 Å². The Bertz CT molecular complexity index is 688. The fraction of sp³-hybridized carbons (Fsp3) is 0.467. The standard InChI is InChI=1S/C15H19FN2O4S/c1-11(19)18(14-6-9-23(21,22)10-14)8-7-17-15(20)12-2-4-13(16)5-3-12/h2-5,14H,6-10H2,1H3,(H,17,20). The summed E-state index contributed by atoms with van der Waals surface area (Å²) in [6, 6.07) is 4.80. The molecule has 23 heavy (non-hydrogen) atoms. The first-order valence-corrected chi connectivity index (χ1v) is 9.12. The van der Waals surface area contributed by atoms with Crippen LogP contribution in [0.1, 0.15) is 23.7 Å². The molecule has 1 N–H and O–H groups in total. The second-order valence-corrected chi connectivity index (χ2v) is 7.76. The largest absolute Gasteiger partial charge is 0.350 e. The summed E-state index contributed by atoms with van der Waals surface area (Å²) in [5.41, 5.74) is 0.323. The van der Waals surface area contributed by atoms with Gasteiger partial charge in [-0.05, 0) is 30.7 Å². The number of sulfone groups is 1. The molecule has 0 bridgehead atoms. The van der Waals surface area contributed by atoms with Crippen molar-refractivity contribution in [1.82, 2.24) is 10.2 Å². The van der Waals surface area contributed by atoms with Crippen LogP contribution in [0.2, 0.25) is 0 Å². The molecule has 1 aliphatic heterocycles. The summed E-state index contributed by atoms with van der Waals surface area (Å²) in [5, 5.41) is 2.64. The zero-order valence-corrected chi connectivity index (χ0v) is 13.6. The SMILES string of the molecule is CC(=O)N(CCNC(=O)c1ccc(F)cc1)C1CCS(=O)(=O)C1. The van der Waals surface area contributed by atoms with E-state index < -0.39 is 15.7 Å². The predicted octanol–water partition coefficient (Wildman–Crippen LogP) is 0.591. The fourth-order valence-electron chi connectivity index (χ4n) is 2.61. The van der Waals surface area contributed by atoms with Crippen molar-refractivity contribution in [3.63, 3.8) is 0 Å². The van der Waals surface area contributed by atoms with Crippen molar-refractivity contribution < 1.29 is 22.4 Å². The van der Waals surface area contributed by atoms with Gasteiger partial charge < -0.3 is 10.2 Å². The van der Waals surface area contributed by atoms with Crippen LogP contribution in [0.15, 0.2) is 24.3 Å². The van der Waals surface area contributed by atoms with E-state index in [4.69, 9.17) is 0 Å². The van der Waals surface area contributed by atoms with E-state index in [1.807, 2.05) is 0 Å². The van der Waals surface area contributed by atoms with Gasteiger partial charge in [0, 0.05) is 31.6 Å². The third-order valence-corrected chi connectivity index (χ3v) is 5.55. The molecule has 1 aromatic carbocycles. The van der Waals surface area contributed by atoms with E-state index in [1.165, 1.54) is 36.1 Å². The van der Waals surface area contributed by atoms with E-state index in [9.17, 15) is 22.4 Å². The third-order valence-electron chi connectivity index (χ3n) is 3.80. The number of rotatable bonds is 5. The lowest BCUT2D eigenvalue weighted by Crippen LogP contribution is -2.44. The first-order valence-electron chi connectivity index (χ1n) is 7.30. The molecule has 1 unspecified atom stereocenters. The van der Waals surface area contributed by atoms with Crippen LogP contribution >= 0.6 is 0 Å². The Labute approximate surface area is 134 Å². The Morgan fingerprint density at radius 2 is 1.96 bits per heavy atom. The van der Waals surface area contributed by atoms with E-state index in [1.54, 1.807) is 0 Å². The average molecular weight is 342 g/mol. The minimum Gasteiger partial charge on any atom is -0.350 e. The molecule has 0 saturated carbocycles. The van der Waals surface area contributed by atoms with Crippen molar-refractivity contribution in [3.8, 4) is 0 Å². The highest BCUT2D eigenvalue weighted by Crippen LogP contribution is 2.17. The molecule has 2 rings (SSSR count). The van der Waals surface area contributed by atoms with Crippen LogP contribution in [-0.2, 0) is 14.6 Å². The smallest absolute Gasteiger partial charge is 0.251 e. The summed E-state index contributed by atoms with van der Waals surface area (Å²) in [7, 11) is -3.08. The van der Waals surface area contributed by atoms with Gasteiger partial charge in [-0.1, -0.05) is 0 Å². The molecular formula is C15H19FN2O4S. The van der Waals surface area contributed by atoms with Gasteiger partial charge in [-0.2, -0.15) is 0 Å². The van der Waals surface area contributed by atoms with Gasteiger partial charge in [0.2, 0.25) is 5.91 Å². The molecule has 0 aliphatic carbocycles. The molecule has 8 heteroatoms. The maximum atomic E-state index is 12.8. The number of nitrogens with zero attached hydrogens (tertiary/aromatic N) is 1. The highest BCUT2D eigenvalue weighted by atomic mass is 32.2. The van der Waals surface area contributed by atoms with Crippen molar-refractivity contribution in [2.24, 2.45) is 0 Å². The van der Waals surface area contributed by atoms with Crippen LogP contribution in [0.4, 0.5) is 4.39 Å². The molecule has 126 valence electrons. The number of amides is 2. The molecule has 1 aromatic rings. The first kappa shape index (κ1) is 17.4. The zero-order chi connectivity index (χ0) is 17.0. The molecule has 1 fully saturated rings. The van der Waals surface area contributed by atoms with Gasteiger partial charge in [-0.25, -0.2) is 12.8 Å². The van der Waals surface area contributed by atoms with Crippen LogP contribution in [0.25, 0.3) is 0 Å². The average Bonchev–Trinajstić information content (AvgIpc) is 2.83. The minimum atomic E-state index is -3.08. The van der Waals surface area contributed by atoms with Crippen LogP contribution < -0.4 is 5.32 Å². The van der Waals surface area contributed by atoms with Crippen LogP contribution in [0.3, 0.4) is 0 Å². The third kappa shape index (κ3) is 4.75. The van der Waals surface area contributed by atoms with Crippen molar-refractivity contribution in [3.05, 3.63) is 35.6 Å². The Morgan fingerprint density at radius 3 is 2.48 bits per heavy atom. The second kappa shape index (κ2) is 7.08. The summed E-state index contributed by atoms with van der Waals surface area (Å²) < 4.78 is 35.9. The number of carbonyl (C=O) groups is 2. The lowest BCUT2D eigenvalue weighted by atomic mass is 10.2. The Morgan fingerprint density at radius 1 is 1.30 bits per heavy atom. The number of halogens is 1. The molecule has 1 aliphatic rings. The van der Waals surface area contributed by atoms with Gasteiger partial charge in [-0.15, -0.1) is 0 Å². The van der Waals surface area contributed by atoms with Crippen molar-refractivity contribution in [2.75, 3.05) is 24.6 Å². The van der Waals surface area contributed by atoms with E-state index in [-0.39, 0.29) is 42.5 Å². The van der Waals surface area contributed by atoms with Gasteiger partial charge in [0.1, 0.15) is 5.82 Å². The van der Waals surface area contributed by atoms with E-state index in [2.05, 4.69) is 5.32 Å². The van der Waals surface area contributed by atoms with Gasteiger partial charge in [0.25, 0.3) is 5.91 Å². The lowest BCUT2D eigenvalue weighted by molar-refractivity contribution is -0.130. The van der Waals surface area contributed by atoms with Crippen molar-refractivity contribution in [1.29, 1.82) is 0 Å². The quantitative estimate of drug-likeness (QED) is 0.849. The van der Waals surface area contributed by atoms with Crippen LogP contribution in [0, 0.1) is 5.82 Å². The maximum absolute atomic E-state index is 12.8. The monoisotopic (exact) mass is 342 g/mol. The van der Waals surface area contributed by atoms with Gasteiger partial charge in [0.05, 0.1) is 11.5 Å². The zero-order valence-electron chi connectivity index (χ0n) is 12.8. The van der Waals surface area contributed by atoms with Crippen molar-refractivity contribution >= 4 is 21.7 Å². The van der Waals surface area contributed by atoms with E-state index in [0.717, 1.165) is 0 Å². The summed E-state index contributed by atoms with van der Waals surface area (Å²) in [5.74, 6) is -0.954. The molecule has 2 amide bonds. The first-order chi connectivity index (χ1) is 10.8. The van der Waals surface area contributed by atoms with Crippen molar-refractivity contribution in [2.45, 2.75) is 19.4 Å². The summed E-state index contributed by atoms with van der Waals surface area (Å²) in [4.78, 5) is 25.1. The molecule has 1 heterocycles. The minimum absolute atomic E-state index is 0.0293. The van der Waals surface area contributed by atoms with Crippen LogP contribution in [-0.4, -0.2) is 55.8 Å². The molecule has 6 nitrogen and oxygen atoms in total. The second-order valence-electron chi connectivity index (χ2n) is 5.53. The normalized spacial score (nSPS) is 19.3. The number of hydrogen-bond donors (Lipinski definition) is 1. The lowest BCUT2D eigenvalue weighted by Gasteiger charge is -2.27. The number of carbonyl (C=O) groups excluding carboxylic acids is 2. The fourth-order valence-corrected chi connectivity index (χ4v) is 4.34. The molecule has 0 spiro atoms. The predicted molar refractivity (Wildman–Crippen MR) is 83.2 cm³/mol. The van der Waals surface area contributed by atoms with Gasteiger partial charge >= 0.3 is 0 Å². The topological polar surface area (TPSA) is 83.6 Å². The highest BCUT2D eigenvalue weighted by Gasteiger charge is 2.33. The number of hydrogen-bond acceptors (Lipinski definition) is 4. The Balaban J connectivity index is 1.88. The number of nitrogens with one attached hydrogen (secondary N) is 1. The summed E-state index contributed by atoms with van der Waals surface area (Å²) in [6.07, 6.45) is 0.424. The summed E-state index contributed by atoms with van der Waals surface area (Å²) >= 11 is 0. The number of benzene rings is 1. The van der Waals surface area contributed by atoms with Gasteiger partial charge in [0.15, 0.2) is 9.84 Å². The van der Waals surface area contributed by atoms with E-state index in [0.29, 0.717) is 12.0 Å². The molecule has 0 aromatic heterocycles. The highest BCUT2D eigenvalue weighted by molar-refractivity contribution is 7.91. The molecule has 1 atom stereocenters. The molecule has 0 radical (unpaired) electrons. The molecule has 1 saturated heterocycles. The Kier molecular flexibility index (Phi) is 5.35. The summed E-state index contributed by atoms with van der Waals surface area (Å²) in [6.45, 7) is 1.82. The van der Waals surface area contributed by atoms with E-state index >= 15 is 0 Å². The molecular weight excluding hydrogens is 323 g/mol.